The molecule has 0 bridgehead atoms. The van der Waals surface area contributed by atoms with Gasteiger partial charge in [-0.25, -0.2) is 0 Å². The highest BCUT2D eigenvalue weighted by Crippen LogP contribution is 2.29. The Bertz CT molecular complexity index is 393. The monoisotopic (exact) mass is 267 g/mol. The first-order chi connectivity index (χ1) is 9.12. The van der Waals surface area contributed by atoms with Gasteiger partial charge in [0.1, 0.15) is 11.5 Å². The Morgan fingerprint density at radius 2 is 1.79 bits per heavy atom. The molecule has 1 N–H and O–H groups in total. The fourth-order valence-corrected chi connectivity index (χ4v) is 2.10. The van der Waals surface area contributed by atoms with Crippen LogP contribution >= 0.6 is 0 Å². The third kappa shape index (κ3) is 4.73. The first kappa shape index (κ1) is 15.8. The summed E-state index contributed by atoms with van der Waals surface area (Å²) >= 11 is 0. The molecule has 1 rings (SSSR count). The number of aliphatic hydroxyl groups is 1. The molecule has 108 valence electrons. The number of ether oxygens (including phenoxy) is 2. The first-order valence-electron chi connectivity index (χ1n) is 6.63. The minimum atomic E-state index is 0.259. The molecule has 4 heteroatoms. The van der Waals surface area contributed by atoms with Gasteiger partial charge < -0.3 is 19.5 Å². The Hall–Kier alpha value is -1.26. The van der Waals surface area contributed by atoms with Crippen LogP contribution in [0.4, 0.5) is 0 Å². The molecule has 0 amide bonds. The van der Waals surface area contributed by atoms with Crippen LogP contribution < -0.4 is 9.47 Å². The van der Waals surface area contributed by atoms with Crippen molar-refractivity contribution in [3.63, 3.8) is 0 Å². The van der Waals surface area contributed by atoms with Gasteiger partial charge in [-0.2, -0.15) is 0 Å². The maximum absolute atomic E-state index is 8.79. The van der Waals surface area contributed by atoms with Crippen molar-refractivity contribution >= 4 is 0 Å². The lowest BCUT2D eigenvalue weighted by Crippen LogP contribution is -2.19. The quantitative estimate of drug-likeness (QED) is 0.733. The normalized spacial score (nSPS) is 10.8. The van der Waals surface area contributed by atoms with E-state index in [1.165, 1.54) is 0 Å². The molecule has 0 aliphatic rings. The standard InChI is InChI=1S/C15H25NO3/c1-12-9-15(19-4)13(10-14(12)18-3)11-16(2)7-5-6-8-17/h9-10,17H,5-8,11H2,1-4H3. The summed E-state index contributed by atoms with van der Waals surface area (Å²) < 4.78 is 10.8. The van der Waals surface area contributed by atoms with E-state index in [9.17, 15) is 0 Å². The lowest BCUT2D eigenvalue weighted by molar-refractivity contribution is 0.259. The van der Waals surface area contributed by atoms with Gasteiger partial charge in [0.05, 0.1) is 14.2 Å². The molecule has 0 heterocycles. The van der Waals surface area contributed by atoms with Gasteiger partial charge >= 0.3 is 0 Å². The highest BCUT2D eigenvalue weighted by Gasteiger charge is 2.10. The minimum Gasteiger partial charge on any atom is -0.496 e. The fourth-order valence-electron chi connectivity index (χ4n) is 2.10. The van der Waals surface area contributed by atoms with E-state index in [1.54, 1.807) is 14.2 Å². The summed E-state index contributed by atoms with van der Waals surface area (Å²) in [5.41, 5.74) is 2.20. The summed E-state index contributed by atoms with van der Waals surface area (Å²) in [6, 6.07) is 4.05. The Balaban J connectivity index is 2.75. The van der Waals surface area contributed by atoms with Crippen LogP contribution in [0.15, 0.2) is 12.1 Å². The zero-order valence-corrected chi connectivity index (χ0v) is 12.4. The Morgan fingerprint density at radius 1 is 1.11 bits per heavy atom. The van der Waals surface area contributed by atoms with Crippen molar-refractivity contribution in [2.45, 2.75) is 26.3 Å². The van der Waals surface area contributed by atoms with Gasteiger partial charge in [-0.15, -0.1) is 0 Å². The molecule has 0 aromatic heterocycles. The number of benzene rings is 1. The molecule has 19 heavy (non-hydrogen) atoms. The number of hydrogen-bond acceptors (Lipinski definition) is 4. The summed E-state index contributed by atoms with van der Waals surface area (Å²) in [6.45, 7) is 4.04. The van der Waals surface area contributed by atoms with Gasteiger partial charge in [0, 0.05) is 18.7 Å². The third-order valence-corrected chi connectivity index (χ3v) is 3.19. The fraction of sp³-hybridized carbons (Fsp3) is 0.600. The van der Waals surface area contributed by atoms with Crippen LogP contribution in [0.2, 0.25) is 0 Å². The van der Waals surface area contributed by atoms with Crippen molar-refractivity contribution in [3.8, 4) is 11.5 Å². The topological polar surface area (TPSA) is 41.9 Å². The molecular weight excluding hydrogens is 242 g/mol. The highest BCUT2D eigenvalue weighted by atomic mass is 16.5. The van der Waals surface area contributed by atoms with E-state index >= 15 is 0 Å². The van der Waals surface area contributed by atoms with Crippen molar-refractivity contribution in [1.29, 1.82) is 0 Å². The van der Waals surface area contributed by atoms with E-state index in [4.69, 9.17) is 14.6 Å². The maximum atomic E-state index is 8.79. The molecule has 1 aromatic carbocycles. The molecule has 0 atom stereocenters. The summed E-state index contributed by atoms with van der Waals surface area (Å²) in [7, 11) is 5.45. The van der Waals surface area contributed by atoms with Gasteiger partial charge in [0.25, 0.3) is 0 Å². The Labute approximate surface area is 115 Å². The van der Waals surface area contributed by atoms with Gasteiger partial charge in [-0.1, -0.05) is 0 Å². The van der Waals surface area contributed by atoms with Crippen LogP contribution in [0.3, 0.4) is 0 Å². The number of hydrogen-bond donors (Lipinski definition) is 1. The van der Waals surface area contributed by atoms with Crippen LogP contribution in [0.25, 0.3) is 0 Å². The van der Waals surface area contributed by atoms with Gasteiger partial charge in [0.2, 0.25) is 0 Å². The molecule has 0 unspecified atom stereocenters. The van der Waals surface area contributed by atoms with Crippen LogP contribution in [-0.2, 0) is 6.54 Å². The van der Waals surface area contributed by atoms with E-state index in [0.29, 0.717) is 0 Å². The average molecular weight is 267 g/mol. The molecule has 0 aliphatic heterocycles. The number of aryl methyl sites for hydroxylation is 1. The van der Waals surface area contributed by atoms with E-state index in [0.717, 1.165) is 48.6 Å². The number of methoxy groups -OCH3 is 2. The van der Waals surface area contributed by atoms with Crippen molar-refractivity contribution in [2.75, 3.05) is 34.4 Å². The molecule has 0 fully saturated rings. The SMILES string of the molecule is COc1cc(CN(C)CCCCO)c(OC)cc1C. The molecule has 0 saturated heterocycles. The van der Waals surface area contributed by atoms with Crippen LogP contribution in [0.1, 0.15) is 24.0 Å². The van der Waals surface area contributed by atoms with E-state index in [-0.39, 0.29) is 6.61 Å². The third-order valence-electron chi connectivity index (χ3n) is 3.19. The Morgan fingerprint density at radius 3 is 2.37 bits per heavy atom. The molecule has 0 spiro atoms. The molecule has 0 radical (unpaired) electrons. The van der Waals surface area contributed by atoms with Crippen LogP contribution in [0, 0.1) is 6.92 Å². The van der Waals surface area contributed by atoms with E-state index in [1.807, 2.05) is 19.1 Å². The summed E-state index contributed by atoms with van der Waals surface area (Å²) in [5.74, 6) is 1.78. The number of aliphatic hydroxyl groups excluding tert-OH is 1. The molecule has 0 saturated carbocycles. The summed E-state index contributed by atoms with van der Waals surface area (Å²) in [6.07, 6.45) is 1.84. The largest absolute Gasteiger partial charge is 0.496 e. The molecule has 0 aliphatic carbocycles. The lowest BCUT2D eigenvalue weighted by Gasteiger charge is -2.19. The second kappa shape index (κ2) is 8.02. The van der Waals surface area contributed by atoms with Crippen molar-refractivity contribution < 1.29 is 14.6 Å². The molecule has 1 aromatic rings. The van der Waals surface area contributed by atoms with E-state index < -0.39 is 0 Å². The zero-order valence-electron chi connectivity index (χ0n) is 12.4. The average Bonchev–Trinajstić information content (AvgIpc) is 2.40. The molecular formula is C15H25NO3. The molecule has 4 nitrogen and oxygen atoms in total. The van der Waals surface area contributed by atoms with Gasteiger partial charge in [-0.3, -0.25) is 0 Å². The predicted octanol–water partition coefficient (Wildman–Crippen LogP) is 2.22. The maximum Gasteiger partial charge on any atom is 0.123 e. The smallest absolute Gasteiger partial charge is 0.123 e. The highest BCUT2D eigenvalue weighted by molar-refractivity contribution is 5.45. The van der Waals surface area contributed by atoms with Crippen molar-refractivity contribution in [2.24, 2.45) is 0 Å². The zero-order chi connectivity index (χ0) is 14.3. The Kier molecular flexibility index (Phi) is 6.67. The number of unbranched alkanes of at least 4 members (excludes halogenated alkanes) is 1. The summed E-state index contributed by atoms with van der Waals surface area (Å²) in [5, 5.41) is 8.79. The minimum absolute atomic E-state index is 0.259. The summed E-state index contributed by atoms with van der Waals surface area (Å²) in [4.78, 5) is 2.22. The van der Waals surface area contributed by atoms with Gasteiger partial charge in [0.15, 0.2) is 0 Å². The second-order valence-electron chi connectivity index (χ2n) is 4.80. The second-order valence-corrected chi connectivity index (χ2v) is 4.80. The number of nitrogens with zero attached hydrogens (tertiary/aromatic N) is 1. The van der Waals surface area contributed by atoms with Crippen LogP contribution in [-0.4, -0.2) is 44.4 Å². The first-order valence-corrected chi connectivity index (χ1v) is 6.63. The van der Waals surface area contributed by atoms with Crippen molar-refractivity contribution in [1.82, 2.24) is 4.90 Å². The lowest BCUT2D eigenvalue weighted by atomic mass is 10.1. The predicted molar refractivity (Wildman–Crippen MR) is 76.9 cm³/mol. The van der Waals surface area contributed by atoms with Crippen molar-refractivity contribution in [3.05, 3.63) is 23.3 Å². The van der Waals surface area contributed by atoms with E-state index in [2.05, 4.69) is 11.9 Å². The number of rotatable bonds is 8. The van der Waals surface area contributed by atoms with Gasteiger partial charge in [-0.05, 0) is 51.1 Å². The van der Waals surface area contributed by atoms with Crippen LogP contribution in [0.5, 0.6) is 11.5 Å².